The van der Waals surface area contributed by atoms with Crippen molar-refractivity contribution in [2.24, 2.45) is 0 Å². The highest BCUT2D eigenvalue weighted by atomic mass is 35.5. The van der Waals surface area contributed by atoms with E-state index in [1.54, 1.807) is 0 Å². The first kappa shape index (κ1) is 17.5. The lowest BCUT2D eigenvalue weighted by Gasteiger charge is -2.28. The summed E-state index contributed by atoms with van der Waals surface area (Å²) in [5.41, 5.74) is 2.82. The predicted octanol–water partition coefficient (Wildman–Crippen LogP) is 4.78. The van der Waals surface area contributed by atoms with E-state index in [-0.39, 0.29) is 12.4 Å². The molecule has 0 radical (unpaired) electrons. The number of aryl methyl sites for hydroxylation is 2. The lowest BCUT2D eigenvalue weighted by atomic mass is 10.1. The minimum Gasteiger partial charge on any atom is -0.453 e. The van der Waals surface area contributed by atoms with Crippen molar-refractivity contribution in [3.63, 3.8) is 0 Å². The van der Waals surface area contributed by atoms with Crippen LogP contribution in [0.4, 0.5) is 5.82 Å². The first-order valence-electron chi connectivity index (χ1n) is 8.57. The Kier molecular flexibility index (Phi) is 5.13. The Morgan fingerprint density at radius 2 is 1.72 bits per heavy atom. The molecule has 1 aromatic carbocycles. The van der Waals surface area contributed by atoms with Crippen LogP contribution in [0.15, 0.2) is 30.3 Å². The van der Waals surface area contributed by atoms with Crippen molar-refractivity contribution in [3.8, 4) is 11.5 Å². The smallest absolute Gasteiger partial charge is 0.174 e. The maximum atomic E-state index is 6.12. The molecule has 1 fully saturated rings. The number of aromatic nitrogens is 3. The minimum atomic E-state index is 0. The van der Waals surface area contributed by atoms with Gasteiger partial charge in [-0.05, 0) is 45.2 Å². The van der Waals surface area contributed by atoms with Gasteiger partial charge in [0.1, 0.15) is 22.6 Å². The Morgan fingerprint density at radius 1 is 1.00 bits per heavy atom. The van der Waals surface area contributed by atoms with Gasteiger partial charge < -0.3 is 14.6 Å². The number of hydrogen-bond donors (Lipinski definition) is 1. The lowest BCUT2D eigenvalue weighted by molar-refractivity contribution is 0.483. The first-order valence-corrected chi connectivity index (χ1v) is 8.57. The van der Waals surface area contributed by atoms with Crippen LogP contribution in [0.1, 0.15) is 30.8 Å². The highest BCUT2D eigenvalue weighted by Crippen LogP contribution is 2.36. The maximum absolute atomic E-state index is 6.12. The number of nitrogens with one attached hydrogen (secondary N) is 1. The van der Waals surface area contributed by atoms with Crippen LogP contribution >= 0.6 is 12.4 Å². The Bertz CT molecular complexity index is 857. The van der Waals surface area contributed by atoms with E-state index in [4.69, 9.17) is 9.72 Å². The molecule has 2 aromatic heterocycles. The Balaban J connectivity index is 0.00000182. The van der Waals surface area contributed by atoms with Crippen molar-refractivity contribution in [1.82, 2.24) is 15.0 Å². The molecule has 1 aliphatic heterocycles. The number of para-hydroxylation sites is 1. The summed E-state index contributed by atoms with van der Waals surface area (Å²) in [6.07, 6.45) is 3.74. The van der Waals surface area contributed by atoms with Gasteiger partial charge in [-0.2, -0.15) is 0 Å². The molecule has 1 aliphatic rings. The van der Waals surface area contributed by atoms with Crippen LogP contribution in [0.5, 0.6) is 11.5 Å². The lowest BCUT2D eigenvalue weighted by Crippen LogP contribution is -2.30. The molecule has 0 bridgehead atoms. The Morgan fingerprint density at radius 3 is 2.44 bits per heavy atom. The summed E-state index contributed by atoms with van der Waals surface area (Å²) in [5, 5.41) is 0. The standard InChI is InChI=1S/C19H22N4O.ClH/c1-13-18(24-15-9-5-3-6-10-15)16-17(20-13)19(22-14(2)21-16)23-11-7-4-8-12-23;/h3,5-6,9-10,20H,4,7-8,11-12H2,1-2H3;1H. The Labute approximate surface area is 153 Å². The summed E-state index contributed by atoms with van der Waals surface area (Å²) in [6.45, 7) is 6.08. The number of anilines is 1. The second-order valence-corrected chi connectivity index (χ2v) is 6.36. The second kappa shape index (κ2) is 7.31. The van der Waals surface area contributed by atoms with Crippen LogP contribution in [0.2, 0.25) is 0 Å². The number of benzene rings is 1. The Hall–Kier alpha value is -2.27. The maximum Gasteiger partial charge on any atom is 0.174 e. The van der Waals surface area contributed by atoms with E-state index in [2.05, 4.69) is 14.9 Å². The highest BCUT2D eigenvalue weighted by Gasteiger charge is 2.21. The van der Waals surface area contributed by atoms with Crippen molar-refractivity contribution in [1.29, 1.82) is 0 Å². The largest absolute Gasteiger partial charge is 0.453 e. The molecule has 0 spiro atoms. The number of halogens is 1. The second-order valence-electron chi connectivity index (χ2n) is 6.36. The number of nitrogens with zero attached hydrogens (tertiary/aromatic N) is 3. The molecule has 4 rings (SSSR count). The molecule has 132 valence electrons. The monoisotopic (exact) mass is 358 g/mol. The van der Waals surface area contributed by atoms with E-state index in [1.165, 1.54) is 19.3 Å². The number of rotatable bonds is 3. The molecule has 0 unspecified atom stereocenters. The fourth-order valence-electron chi connectivity index (χ4n) is 3.32. The number of hydrogen-bond acceptors (Lipinski definition) is 4. The van der Waals surface area contributed by atoms with Gasteiger partial charge in [0.05, 0.1) is 5.69 Å². The SMILES string of the molecule is Cc1nc(N2CCCCC2)c2[nH]c(C)c(Oc3ccccc3)c2n1.Cl. The van der Waals surface area contributed by atoms with E-state index in [0.29, 0.717) is 0 Å². The van der Waals surface area contributed by atoms with E-state index in [9.17, 15) is 0 Å². The summed E-state index contributed by atoms with van der Waals surface area (Å²) in [6, 6.07) is 9.84. The van der Waals surface area contributed by atoms with Gasteiger partial charge in [0.15, 0.2) is 11.6 Å². The number of ether oxygens (including phenoxy) is 1. The molecule has 6 heteroatoms. The summed E-state index contributed by atoms with van der Waals surface area (Å²) in [5.74, 6) is 3.39. The van der Waals surface area contributed by atoms with Crippen molar-refractivity contribution in [2.75, 3.05) is 18.0 Å². The average Bonchev–Trinajstić information content (AvgIpc) is 2.92. The van der Waals surface area contributed by atoms with Gasteiger partial charge in [0, 0.05) is 13.1 Å². The third-order valence-electron chi connectivity index (χ3n) is 4.49. The summed E-state index contributed by atoms with van der Waals surface area (Å²) in [4.78, 5) is 15.2. The van der Waals surface area contributed by atoms with Crippen LogP contribution in [0, 0.1) is 13.8 Å². The summed E-state index contributed by atoms with van der Waals surface area (Å²) < 4.78 is 6.12. The molecule has 0 saturated carbocycles. The third kappa shape index (κ3) is 3.42. The van der Waals surface area contributed by atoms with E-state index >= 15 is 0 Å². The van der Waals surface area contributed by atoms with Crippen molar-refractivity contribution >= 4 is 29.3 Å². The molecular formula is C19H23ClN4O. The van der Waals surface area contributed by atoms with Crippen LogP contribution in [-0.4, -0.2) is 28.0 Å². The topological polar surface area (TPSA) is 54.0 Å². The molecule has 25 heavy (non-hydrogen) atoms. The van der Waals surface area contributed by atoms with Gasteiger partial charge in [-0.15, -0.1) is 12.4 Å². The fourth-order valence-corrected chi connectivity index (χ4v) is 3.32. The van der Waals surface area contributed by atoms with Crippen molar-refractivity contribution in [3.05, 3.63) is 41.9 Å². The van der Waals surface area contributed by atoms with Gasteiger partial charge >= 0.3 is 0 Å². The zero-order valence-electron chi connectivity index (χ0n) is 14.6. The van der Waals surface area contributed by atoms with Crippen LogP contribution in [0.3, 0.4) is 0 Å². The number of aromatic amines is 1. The molecule has 0 aliphatic carbocycles. The van der Waals surface area contributed by atoms with Crippen molar-refractivity contribution < 1.29 is 4.74 Å². The first-order chi connectivity index (χ1) is 11.7. The molecule has 5 nitrogen and oxygen atoms in total. The van der Waals surface area contributed by atoms with Crippen LogP contribution in [0.25, 0.3) is 11.0 Å². The van der Waals surface area contributed by atoms with E-state index in [1.807, 2.05) is 44.2 Å². The van der Waals surface area contributed by atoms with Gasteiger partial charge in [-0.1, -0.05) is 18.2 Å². The molecule has 1 saturated heterocycles. The molecule has 0 amide bonds. The van der Waals surface area contributed by atoms with Gasteiger partial charge in [-0.25, -0.2) is 9.97 Å². The number of H-pyrrole nitrogens is 1. The average molecular weight is 359 g/mol. The van der Waals surface area contributed by atoms with Gasteiger partial charge in [0.25, 0.3) is 0 Å². The minimum absolute atomic E-state index is 0. The molecule has 3 heterocycles. The molecular weight excluding hydrogens is 336 g/mol. The van der Waals surface area contributed by atoms with E-state index < -0.39 is 0 Å². The number of fused-ring (bicyclic) bond motifs is 1. The fraction of sp³-hybridized carbons (Fsp3) is 0.368. The van der Waals surface area contributed by atoms with Crippen LogP contribution in [-0.2, 0) is 0 Å². The van der Waals surface area contributed by atoms with Gasteiger partial charge in [0.2, 0.25) is 0 Å². The van der Waals surface area contributed by atoms with Crippen LogP contribution < -0.4 is 9.64 Å². The van der Waals surface area contributed by atoms with Gasteiger partial charge in [-0.3, -0.25) is 0 Å². The predicted molar refractivity (Wildman–Crippen MR) is 103 cm³/mol. The molecule has 1 N–H and O–H groups in total. The van der Waals surface area contributed by atoms with E-state index in [0.717, 1.165) is 53.0 Å². The molecule has 0 atom stereocenters. The highest BCUT2D eigenvalue weighted by molar-refractivity contribution is 5.92. The molecule has 3 aromatic rings. The third-order valence-corrected chi connectivity index (χ3v) is 4.49. The zero-order chi connectivity index (χ0) is 16.5. The summed E-state index contributed by atoms with van der Waals surface area (Å²) in [7, 11) is 0. The quantitative estimate of drug-likeness (QED) is 0.732. The van der Waals surface area contributed by atoms with Crippen molar-refractivity contribution in [2.45, 2.75) is 33.1 Å². The number of piperidine rings is 1. The zero-order valence-corrected chi connectivity index (χ0v) is 15.4. The summed E-state index contributed by atoms with van der Waals surface area (Å²) >= 11 is 0. The normalized spacial score (nSPS) is 14.4.